The maximum Gasteiger partial charge on any atom is 0.339 e. The Morgan fingerprint density at radius 3 is 2.71 bits per heavy atom. The molecule has 0 bridgehead atoms. The summed E-state index contributed by atoms with van der Waals surface area (Å²) in [6.07, 6.45) is 0.475. The number of carbonyl (C=O) groups excluding carboxylic acids is 1. The minimum absolute atomic E-state index is 0.0578. The van der Waals surface area contributed by atoms with E-state index < -0.39 is 5.97 Å². The molecule has 0 fully saturated rings. The zero-order valence-electron chi connectivity index (χ0n) is 9.40. The fourth-order valence-electron chi connectivity index (χ4n) is 1.38. The van der Waals surface area contributed by atoms with Crippen molar-refractivity contribution >= 4 is 34.5 Å². The summed E-state index contributed by atoms with van der Waals surface area (Å²) in [6, 6.07) is 5.25. The van der Waals surface area contributed by atoms with Gasteiger partial charge in [0.05, 0.1) is 12.2 Å². The molecule has 0 saturated heterocycles. The summed E-state index contributed by atoms with van der Waals surface area (Å²) in [5.41, 5.74) is 1.36. The van der Waals surface area contributed by atoms with Gasteiger partial charge in [-0.1, -0.05) is 12.1 Å². The number of carboxylic acids is 1. The van der Waals surface area contributed by atoms with Gasteiger partial charge in [-0.2, -0.15) is 0 Å². The van der Waals surface area contributed by atoms with E-state index in [1.165, 1.54) is 0 Å². The second-order valence-electron chi connectivity index (χ2n) is 3.39. The molecule has 1 N–H and O–H groups in total. The molecule has 1 rings (SSSR count). The first-order valence-corrected chi connectivity index (χ1v) is 6.30. The van der Waals surface area contributed by atoms with Crippen molar-refractivity contribution in [3.8, 4) is 0 Å². The minimum atomic E-state index is -0.845. The molecule has 0 aromatic heterocycles. The highest BCUT2D eigenvalue weighted by molar-refractivity contribution is 14.1. The second kappa shape index (κ2) is 6.58. The smallest absolute Gasteiger partial charge is 0.339 e. The monoisotopic (exact) mass is 348 g/mol. The number of hydrogen-bond acceptors (Lipinski definition) is 3. The van der Waals surface area contributed by atoms with Crippen LogP contribution in [0.5, 0.6) is 0 Å². The molecule has 0 atom stereocenters. The summed E-state index contributed by atoms with van der Waals surface area (Å²) in [5.74, 6) is -1.21. The first-order chi connectivity index (χ1) is 8.06. The third-order valence-electron chi connectivity index (χ3n) is 2.18. The summed E-state index contributed by atoms with van der Waals surface area (Å²) in [5, 5.41) is 8.63. The predicted molar refractivity (Wildman–Crippen MR) is 71.1 cm³/mol. The van der Waals surface area contributed by atoms with Gasteiger partial charge in [0.25, 0.3) is 0 Å². The van der Waals surface area contributed by atoms with Crippen molar-refractivity contribution in [3.63, 3.8) is 0 Å². The summed E-state index contributed by atoms with van der Waals surface area (Å²) >= 11 is 2.05. The molecule has 0 amide bonds. The molecule has 0 spiro atoms. The van der Waals surface area contributed by atoms with Gasteiger partial charge in [-0.3, -0.25) is 4.79 Å². The lowest BCUT2D eigenvalue weighted by Crippen LogP contribution is -2.09. The average Bonchev–Trinajstić information content (AvgIpc) is 2.27. The number of halogens is 1. The lowest BCUT2D eigenvalue weighted by molar-refractivity contribution is -0.136. The van der Waals surface area contributed by atoms with Crippen LogP contribution < -0.4 is 0 Å². The number of benzene rings is 1. The van der Waals surface area contributed by atoms with Gasteiger partial charge >= 0.3 is 11.9 Å². The third-order valence-corrected chi connectivity index (χ3v) is 3.46. The molecule has 0 heterocycles. The molecule has 0 aliphatic heterocycles. The van der Waals surface area contributed by atoms with Crippen molar-refractivity contribution in [2.24, 2.45) is 0 Å². The van der Waals surface area contributed by atoms with Crippen molar-refractivity contribution in [3.05, 3.63) is 32.9 Å². The number of carboxylic acid groups (broad SMARTS) is 1. The zero-order chi connectivity index (χ0) is 12.8. The van der Waals surface area contributed by atoms with Crippen LogP contribution in [0, 0.1) is 3.57 Å². The third kappa shape index (κ3) is 3.99. The van der Waals surface area contributed by atoms with Gasteiger partial charge in [0.2, 0.25) is 0 Å². The molecular weight excluding hydrogens is 335 g/mol. The van der Waals surface area contributed by atoms with Crippen LogP contribution in [0.4, 0.5) is 0 Å². The van der Waals surface area contributed by atoms with E-state index in [0.29, 0.717) is 18.6 Å². The van der Waals surface area contributed by atoms with Crippen LogP contribution in [0.25, 0.3) is 0 Å². The minimum Gasteiger partial charge on any atom is -0.481 e. The average molecular weight is 348 g/mol. The largest absolute Gasteiger partial charge is 0.481 e. The van der Waals surface area contributed by atoms with Crippen molar-refractivity contribution in [1.82, 2.24) is 0 Å². The Morgan fingerprint density at radius 1 is 1.41 bits per heavy atom. The van der Waals surface area contributed by atoms with E-state index >= 15 is 0 Å². The van der Waals surface area contributed by atoms with Crippen LogP contribution in [0.15, 0.2) is 18.2 Å². The van der Waals surface area contributed by atoms with Crippen molar-refractivity contribution < 1.29 is 19.4 Å². The molecule has 1 aromatic carbocycles. The topological polar surface area (TPSA) is 63.6 Å². The molecule has 5 heteroatoms. The normalized spacial score (nSPS) is 10.0. The first kappa shape index (κ1) is 14.0. The molecule has 4 nitrogen and oxygen atoms in total. The van der Waals surface area contributed by atoms with E-state index in [1.54, 1.807) is 19.1 Å². The van der Waals surface area contributed by atoms with E-state index in [0.717, 1.165) is 9.13 Å². The van der Waals surface area contributed by atoms with Crippen LogP contribution in [0.3, 0.4) is 0 Å². The Bertz CT molecular complexity index is 429. The number of carbonyl (C=O) groups is 2. The van der Waals surface area contributed by atoms with Crippen molar-refractivity contribution in [2.75, 3.05) is 6.61 Å². The Morgan fingerprint density at radius 2 is 2.12 bits per heavy atom. The Labute approximate surface area is 113 Å². The molecule has 0 unspecified atom stereocenters. The van der Waals surface area contributed by atoms with E-state index in [1.807, 2.05) is 28.7 Å². The zero-order valence-corrected chi connectivity index (χ0v) is 11.6. The van der Waals surface area contributed by atoms with Crippen LogP contribution in [0.2, 0.25) is 0 Å². The van der Waals surface area contributed by atoms with Crippen molar-refractivity contribution in [2.45, 2.75) is 19.8 Å². The van der Waals surface area contributed by atoms with E-state index in [9.17, 15) is 9.59 Å². The Kier molecular flexibility index (Phi) is 5.40. The SMILES string of the molecule is CCOC(=O)c1cccc(CCC(=O)O)c1I. The van der Waals surface area contributed by atoms with Crippen molar-refractivity contribution in [1.29, 1.82) is 0 Å². The lowest BCUT2D eigenvalue weighted by atomic mass is 10.1. The maximum atomic E-state index is 11.6. The number of ether oxygens (including phenoxy) is 1. The van der Waals surface area contributed by atoms with E-state index in [-0.39, 0.29) is 12.4 Å². The van der Waals surface area contributed by atoms with E-state index in [4.69, 9.17) is 9.84 Å². The molecule has 1 aromatic rings. The number of rotatable bonds is 5. The summed E-state index contributed by atoms with van der Waals surface area (Å²) < 4.78 is 5.70. The highest BCUT2D eigenvalue weighted by Gasteiger charge is 2.14. The highest BCUT2D eigenvalue weighted by Crippen LogP contribution is 2.19. The molecule has 0 aliphatic carbocycles. The van der Waals surface area contributed by atoms with Crippen LogP contribution in [-0.2, 0) is 16.0 Å². The molecule has 0 aliphatic rings. The van der Waals surface area contributed by atoms with Gasteiger partial charge in [-0.05, 0) is 47.6 Å². The molecule has 0 saturated carbocycles. The number of aliphatic carboxylic acids is 1. The van der Waals surface area contributed by atoms with Gasteiger partial charge in [-0.15, -0.1) is 0 Å². The van der Waals surface area contributed by atoms with Crippen LogP contribution >= 0.6 is 22.6 Å². The van der Waals surface area contributed by atoms with Crippen LogP contribution in [0.1, 0.15) is 29.3 Å². The number of hydrogen-bond donors (Lipinski definition) is 1. The molecule has 17 heavy (non-hydrogen) atoms. The fourth-order valence-corrected chi connectivity index (χ4v) is 2.23. The summed E-state index contributed by atoms with van der Waals surface area (Å²) in [4.78, 5) is 22.1. The lowest BCUT2D eigenvalue weighted by Gasteiger charge is -2.08. The fraction of sp³-hybridized carbons (Fsp3) is 0.333. The predicted octanol–water partition coefficient (Wildman–Crippen LogP) is 2.49. The Balaban J connectivity index is 2.90. The standard InChI is InChI=1S/C12H13IO4/c1-2-17-12(16)9-5-3-4-8(11(9)13)6-7-10(14)15/h3-5H,2,6-7H2,1H3,(H,14,15). The van der Waals surface area contributed by atoms with Gasteiger partial charge < -0.3 is 9.84 Å². The van der Waals surface area contributed by atoms with Crippen LogP contribution in [-0.4, -0.2) is 23.7 Å². The summed E-state index contributed by atoms with van der Waals surface area (Å²) in [6.45, 7) is 2.08. The van der Waals surface area contributed by atoms with E-state index in [2.05, 4.69) is 0 Å². The quantitative estimate of drug-likeness (QED) is 0.656. The molecule has 92 valence electrons. The first-order valence-electron chi connectivity index (χ1n) is 5.22. The maximum absolute atomic E-state index is 11.6. The Hall–Kier alpha value is -1.11. The second-order valence-corrected chi connectivity index (χ2v) is 4.47. The van der Waals surface area contributed by atoms with Gasteiger partial charge in [0, 0.05) is 9.99 Å². The molecule has 0 radical (unpaired) electrons. The highest BCUT2D eigenvalue weighted by atomic mass is 127. The van der Waals surface area contributed by atoms with Gasteiger partial charge in [0.1, 0.15) is 0 Å². The summed E-state index contributed by atoms with van der Waals surface area (Å²) in [7, 11) is 0. The number of esters is 1. The number of aryl methyl sites for hydroxylation is 1. The van der Waals surface area contributed by atoms with Gasteiger partial charge in [0.15, 0.2) is 0 Å². The molecular formula is C12H13IO4. The van der Waals surface area contributed by atoms with Gasteiger partial charge in [-0.25, -0.2) is 4.79 Å².